The highest BCUT2D eigenvalue weighted by Gasteiger charge is 2.34. The van der Waals surface area contributed by atoms with Gasteiger partial charge in [-0.15, -0.1) is 0 Å². The van der Waals surface area contributed by atoms with Crippen molar-refractivity contribution in [2.24, 2.45) is 5.10 Å². The van der Waals surface area contributed by atoms with Crippen molar-refractivity contribution in [3.05, 3.63) is 73.4 Å². The number of carbonyl (C=O) groups is 1. The molecule has 1 saturated heterocycles. The van der Waals surface area contributed by atoms with Crippen molar-refractivity contribution in [2.45, 2.75) is 0 Å². The van der Waals surface area contributed by atoms with E-state index in [2.05, 4.69) is 5.10 Å². The second-order valence-electron chi connectivity index (χ2n) is 5.39. The summed E-state index contributed by atoms with van der Waals surface area (Å²) in [6.07, 6.45) is 1.73. The minimum absolute atomic E-state index is 0.119. The van der Waals surface area contributed by atoms with Crippen LogP contribution in [0.5, 0.6) is 0 Å². The van der Waals surface area contributed by atoms with Crippen LogP contribution in [0.25, 0.3) is 6.08 Å². The fraction of sp³-hybridized carbons (Fsp3) is 0. The average molecular weight is 483 g/mol. The van der Waals surface area contributed by atoms with Gasteiger partial charge in [-0.2, -0.15) is 10.1 Å². The van der Waals surface area contributed by atoms with Gasteiger partial charge in [0.1, 0.15) is 0 Å². The van der Waals surface area contributed by atoms with E-state index in [0.29, 0.717) is 28.4 Å². The van der Waals surface area contributed by atoms with Gasteiger partial charge in [0.05, 0.1) is 21.7 Å². The Labute approximate surface area is 179 Å². The van der Waals surface area contributed by atoms with Crippen molar-refractivity contribution in [1.82, 2.24) is 5.01 Å². The van der Waals surface area contributed by atoms with Gasteiger partial charge in [0.15, 0.2) is 27.6 Å². The molecule has 2 aromatic rings. The van der Waals surface area contributed by atoms with Crippen molar-refractivity contribution in [3.8, 4) is 0 Å². The van der Waals surface area contributed by atoms with Crippen LogP contribution in [-0.4, -0.2) is 21.5 Å². The molecule has 1 heterocycles. The van der Waals surface area contributed by atoms with Crippen LogP contribution in [0.15, 0.2) is 28.2 Å². The summed E-state index contributed by atoms with van der Waals surface area (Å²) in [7, 11) is 0. The summed E-state index contributed by atoms with van der Waals surface area (Å²) in [4.78, 5) is 12.0. The molecule has 0 aromatic heterocycles. The lowest BCUT2D eigenvalue weighted by atomic mass is 10.1. The third kappa shape index (κ3) is 4.16. The SMILES string of the molecule is O=C1C(=Cc2c(F)c(F)c(F)c(F)c2F)SC(=S)N1N=Cc1ccc(Cl)cc1Cl. The Morgan fingerprint density at radius 1 is 1.00 bits per heavy atom. The van der Waals surface area contributed by atoms with E-state index >= 15 is 0 Å². The Balaban J connectivity index is 1.95. The van der Waals surface area contributed by atoms with Gasteiger partial charge in [-0.05, 0) is 30.4 Å². The zero-order valence-electron chi connectivity index (χ0n) is 13.7. The molecule has 1 aliphatic rings. The predicted molar refractivity (Wildman–Crippen MR) is 105 cm³/mol. The molecule has 0 radical (unpaired) electrons. The molecule has 29 heavy (non-hydrogen) atoms. The number of hydrazone groups is 1. The number of amides is 1. The van der Waals surface area contributed by atoms with Crippen molar-refractivity contribution in [2.75, 3.05) is 0 Å². The number of thioether (sulfide) groups is 1. The number of hydrogen-bond acceptors (Lipinski definition) is 4. The van der Waals surface area contributed by atoms with E-state index in [9.17, 15) is 26.7 Å². The van der Waals surface area contributed by atoms with Crippen molar-refractivity contribution in [1.29, 1.82) is 0 Å². The Hall–Kier alpha value is -2.01. The normalized spacial score (nSPS) is 16.0. The van der Waals surface area contributed by atoms with Crippen LogP contribution in [0.4, 0.5) is 22.0 Å². The van der Waals surface area contributed by atoms with E-state index in [-0.39, 0.29) is 14.2 Å². The molecule has 0 aliphatic carbocycles. The first-order valence-corrected chi connectivity index (χ1v) is 9.38. The largest absolute Gasteiger partial charge is 0.286 e. The zero-order chi connectivity index (χ0) is 21.5. The molecule has 1 aliphatic heterocycles. The van der Waals surface area contributed by atoms with Crippen LogP contribution >= 0.6 is 47.2 Å². The van der Waals surface area contributed by atoms with Crippen molar-refractivity contribution < 1.29 is 26.7 Å². The van der Waals surface area contributed by atoms with Crippen molar-refractivity contribution in [3.63, 3.8) is 0 Å². The third-order valence-corrected chi connectivity index (χ3v) is 5.41. The quantitative estimate of drug-likeness (QED) is 0.136. The lowest BCUT2D eigenvalue weighted by molar-refractivity contribution is -0.122. The highest BCUT2D eigenvalue weighted by molar-refractivity contribution is 8.26. The summed E-state index contributed by atoms with van der Waals surface area (Å²) in [5.74, 6) is -11.6. The fourth-order valence-corrected chi connectivity index (χ4v) is 3.78. The van der Waals surface area contributed by atoms with Crippen LogP contribution in [0, 0.1) is 29.1 Å². The van der Waals surface area contributed by atoms with Gasteiger partial charge in [0, 0.05) is 10.6 Å². The van der Waals surface area contributed by atoms with E-state index in [4.69, 9.17) is 35.4 Å². The first kappa shape index (κ1) is 21.7. The van der Waals surface area contributed by atoms with E-state index in [1.165, 1.54) is 24.4 Å². The van der Waals surface area contributed by atoms with Gasteiger partial charge in [0.25, 0.3) is 5.91 Å². The van der Waals surface area contributed by atoms with Gasteiger partial charge in [-0.1, -0.05) is 41.0 Å². The number of carbonyl (C=O) groups excluding carboxylic acids is 1. The number of nitrogens with zero attached hydrogens (tertiary/aromatic N) is 2. The summed E-state index contributed by atoms with van der Waals surface area (Å²) in [6, 6.07) is 4.50. The minimum Gasteiger partial charge on any atom is -0.266 e. The fourth-order valence-electron chi connectivity index (χ4n) is 2.16. The smallest absolute Gasteiger partial charge is 0.266 e. The number of hydrogen-bond donors (Lipinski definition) is 0. The predicted octanol–water partition coefficient (Wildman–Crippen LogP) is 5.92. The zero-order valence-corrected chi connectivity index (χ0v) is 16.8. The minimum atomic E-state index is -2.30. The summed E-state index contributed by atoms with van der Waals surface area (Å²) in [5.41, 5.74) is -0.861. The van der Waals surface area contributed by atoms with Gasteiger partial charge in [0.2, 0.25) is 5.82 Å². The first-order chi connectivity index (χ1) is 13.6. The molecule has 0 bridgehead atoms. The van der Waals surface area contributed by atoms with Gasteiger partial charge in [-0.25, -0.2) is 22.0 Å². The molecule has 3 nitrogen and oxygen atoms in total. The molecule has 0 atom stereocenters. The Kier molecular flexibility index (Phi) is 6.27. The molecule has 2 aromatic carbocycles. The number of rotatable bonds is 3. The molecule has 150 valence electrons. The molecule has 1 fully saturated rings. The van der Waals surface area contributed by atoms with Gasteiger partial charge in [-0.3, -0.25) is 4.79 Å². The second-order valence-corrected chi connectivity index (χ2v) is 7.91. The van der Waals surface area contributed by atoms with Gasteiger partial charge >= 0.3 is 0 Å². The summed E-state index contributed by atoms with van der Waals surface area (Å²) in [5, 5.41) is 5.21. The molecular weight excluding hydrogens is 478 g/mol. The maximum Gasteiger partial charge on any atom is 0.286 e. The summed E-state index contributed by atoms with van der Waals surface area (Å²) >= 11 is 17.3. The maximum atomic E-state index is 13.8. The standard InChI is InChI=1S/C17H5Cl2F5N2OS2/c18-7-2-1-6(9(19)3-7)5-25-26-16(27)10(29-17(26)28)4-8-11(20)13(22)15(24)14(23)12(8)21/h1-5H. The van der Waals surface area contributed by atoms with Gasteiger partial charge < -0.3 is 0 Å². The molecule has 3 rings (SSSR count). The van der Waals surface area contributed by atoms with Crippen LogP contribution in [-0.2, 0) is 4.79 Å². The summed E-state index contributed by atoms with van der Waals surface area (Å²) < 4.78 is 67.4. The molecule has 12 heteroatoms. The first-order valence-electron chi connectivity index (χ1n) is 7.40. The molecule has 0 unspecified atom stereocenters. The molecule has 0 saturated carbocycles. The van der Waals surface area contributed by atoms with E-state index < -0.39 is 40.6 Å². The second kappa shape index (κ2) is 8.39. The number of thiocarbonyl (C=S) groups is 1. The average Bonchev–Trinajstić information content (AvgIpc) is 2.94. The highest BCUT2D eigenvalue weighted by Crippen LogP contribution is 2.35. The van der Waals surface area contributed by atoms with Crippen LogP contribution < -0.4 is 0 Å². The molecular formula is C17H5Cl2F5N2OS2. The van der Waals surface area contributed by atoms with Crippen LogP contribution in [0.3, 0.4) is 0 Å². The molecule has 0 N–H and O–H groups in total. The number of halogens is 7. The number of benzene rings is 2. The Bertz CT molecular complexity index is 1090. The lowest BCUT2D eigenvalue weighted by Gasteiger charge is -2.07. The third-order valence-electron chi connectivity index (χ3n) is 3.57. The van der Waals surface area contributed by atoms with E-state index in [0.717, 1.165) is 5.01 Å². The molecule has 0 spiro atoms. The Morgan fingerprint density at radius 3 is 2.17 bits per heavy atom. The van der Waals surface area contributed by atoms with Crippen LogP contribution in [0.1, 0.15) is 11.1 Å². The Morgan fingerprint density at radius 2 is 1.59 bits per heavy atom. The monoisotopic (exact) mass is 482 g/mol. The maximum absolute atomic E-state index is 13.8. The summed E-state index contributed by atoms with van der Waals surface area (Å²) in [6.45, 7) is 0. The highest BCUT2D eigenvalue weighted by atomic mass is 35.5. The van der Waals surface area contributed by atoms with E-state index in [1.807, 2.05) is 0 Å². The lowest BCUT2D eigenvalue weighted by Crippen LogP contribution is -2.22. The van der Waals surface area contributed by atoms with E-state index in [1.54, 1.807) is 0 Å². The van der Waals surface area contributed by atoms with Crippen LogP contribution in [0.2, 0.25) is 10.0 Å². The van der Waals surface area contributed by atoms with Crippen molar-refractivity contribution >= 4 is 69.7 Å². The molecule has 1 amide bonds. The topological polar surface area (TPSA) is 32.7 Å².